The number of carbonyl (C=O) groups is 3. The molecule has 0 aliphatic carbocycles. The zero-order valence-electron chi connectivity index (χ0n) is 15.8. The average molecular weight is 386 g/mol. The van der Waals surface area contributed by atoms with Gasteiger partial charge in [0.25, 0.3) is 0 Å². The van der Waals surface area contributed by atoms with Crippen molar-refractivity contribution in [3.8, 4) is 0 Å². The second-order valence-electron chi connectivity index (χ2n) is 5.71. The Bertz CT molecular complexity index is 545. The first-order valence-electron chi connectivity index (χ1n) is 8.38. The van der Waals surface area contributed by atoms with Crippen LogP contribution in [0.2, 0.25) is 0 Å². The van der Waals surface area contributed by atoms with E-state index in [1.54, 1.807) is 6.08 Å². The molecule has 1 aliphatic heterocycles. The Hall–Kier alpha value is -2.23. The van der Waals surface area contributed by atoms with Crippen LogP contribution in [0.1, 0.15) is 20.8 Å². The molecule has 0 aromatic heterocycles. The van der Waals surface area contributed by atoms with Crippen LogP contribution in [0.15, 0.2) is 25.3 Å². The molecule has 1 saturated heterocycles. The Morgan fingerprint density at radius 1 is 0.852 bits per heavy atom. The van der Waals surface area contributed by atoms with Gasteiger partial charge in [-0.15, -0.1) is 13.2 Å². The predicted octanol–water partition coefficient (Wildman–Crippen LogP) is 0.912. The minimum Gasteiger partial charge on any atom is -0.457 e. The SMILES string of the molecule is C=CCOC[C@H]1O[C@@H](OC(C)=O)[C@H](OC(C)=O)[C@@H](OCC=C)[C@@H]1OC(C)=O. The van der Waals surface area contributed by atoms with Crippen molar-refractivity contribution < 1.29 is 42.8 Å². The summed E-state index contributed by atoms with van der Waals surface area (Å²) in [5.41, 5.74) is 0. The second-order valence-corrected chi connectivity index (χ2v) is 5.71. The molecule has 0 amide bonds. The Kier molecular flexibility index (Phi) is 9.70. The molecule has 152 valence electrons. The van der Waals surface area contributed by atoms with E-state index in [1.807, 2.05) is 0 Å². The molecule has 27 heavy (non-hydrogen) atoms. The fourth-order valence-corrected chi connectivity index (χ4v) is 2.56. The fraction of sp³-hybridized carbons (Fsp3) is 0.611. The highest BCUT2D eigenvalue weighted by Gasteiger charge is 2.52. The third-order valence-electron chi connectivity index (χ3n) is 3.40. The number of esters is 3. The molecule has 0 saturated carbocycles. The number of hydrogen-bond acceptors (Lipinski definition) is 9. The summed E-state index contributed by atoms with van der Waals surface area (Å²) < 4.78 is 32.5. The molecular weight excluding hydrogens is 360 g/mol. The van der Waals surface area contributed by atoms with Crippen LogP contribution >= 0.6 is 0 Å². The molecule has 0 unspecified atom stereocenters. The Labute approximate surface area is 158 Å². The van der Waals surface area contributed by atoms with Gasteiger partial charge in [0.2, 0.25) is 6.29 Å². The zero-order chi connectivity index (χ0) is 20.4. The maximum atomic E-state index is 11.6. The van der Waals surface area contributed by atoms with Crippen molar-refractivity contribution >= 4 is 17.9 Å². The molecule has 0 N–H and O–H groups in total. The first kappa shape index (κ1) is 22.8. The van der Waals surface area contributed by atoms with Gasteiger partial charge in [-0.05, 0) is 0 Å². The maximum Gasteiger partial charge on any atom is 0.305 e. The van der Waals surface area contributed by atoms with Gasteiger partial charge < -0.3 is 28.4 Å². The lowest BCUT2D eigenvalue weighted by molar-refractivity contribution is -0.304. The summed E-state index contributed by atoms with van der Waals surface area (Å²) in [4.78, 5) is 34.6. The van der Waals surface area contributed by atoms with E-state index in [1.165, 1.54) is 26.8 Å². The van der Waals surface area contributed by atoms with E-state index in [0.29, 0.717) is 0 Å². The summed E-state index contributed by atoms with van der Waals surface area (Å²) in [6.45, 7) is 11.0. The standard InChI is InChI=1S/C18H26O9/c1-6-8-22-10-14-15(24-11(3)19)16(23-9-7-2)17(25-12(4)20)18(27-14)26-13(5)21/h6-7,14-18H,1-2,8-10H2,3-5H3/t14-,15-,16+,17-,18-/m1/s1. The van der Waals surface area contributed by atoms with Crippen LogP contribution in [0, 0.1) is 0 Å². The first-order chi connectivity index (χ1) is 12.8. The molecule has 0 radical (unpaired) electrons. The topological polar surface area (TPSA) is 107 Å². The van der Waals surface area contributed by atoms with Gasteiger partial charge in [-0.2, -0.15) is 0 Å². The minimum absolute atomic E-state index is 0.00245. The van der Waals surface area contributed by atoms with Gasteiger partial charge in [-0.1, -0.05) is 12.2 Å². The smallest absolute Gasteiger partial charge is 0.305 e. The van der Waals surface area contributed by atoms with E-state index >= 15 is 0 Å². The van der Waals surface area contributed by atoms with Crippen molar-refractivity contribution in [3.63, 3.8) is 0 Å². The summed E-state index contributed by atoms with van der Waals surface area (Å²) in [5, 5.41) is 0. The lowest BCUT2D eigenvalue weighted by Crippen LogP contribution is -2.62. The van der Waals surface area contributed by atoms with Crippen LogP contribution in [0.4, 0.5) is 0 Å². The van der Waals surface area contributed by atoms with Gasteiger partial charge in [-0.25, -0.2) is 0 Å². The second kappa shape index (κ2) is 11.5. The molecule has 1 rings (SSSR count). The van der Waals surface area contributed by atoms with Gasteiger partial charge in [0.1, 0.15) is 12.2 Å². The highest BCUT2D eigenvalue weighted by Crippen LogP contribution is 2.29. The van der Waals surface area contributed by atoms with Crippen molar-refractivity contribution in [3.05, 3.63) is 25.3 Å². The fourth-order valence-electron chi connectivity index (χ4n) is 2.56. The van der Waals surface area contributed by atoms with E-state index < -0.39 is 48.6 Å². The summed E-state index contributed by atoms with van der Waals surface area (Å²) >= 11 is 0. The van der Waals surface area contributed by atoms with Crippen molar-refractivity contribution in [2.75, 3.05) is 19.8 Å². The van der Waals surface area contributed by atoms with Crippen LogP contribution in [0.3, 0.4) is 0 Å². The molecule has 1 aliphatic rings. The average Bonchev–Trinajstić information content (AvgIpc) is 2.56. The molecule has 5 atom stereocenters. The zero-order valence-corrected chi connectivity index (χ0v) is 15.8. The van der Waals surface area contributed by atoms with Crippen LogP contribution in [0.25, 0.3) is 0 Å². The lowest BCUT2D eigenvalue weighted by atomic mass is 9.98. The molecule has 0 bridgehead atoms. The van der Waals surface area contributed by atoms with Gasteiger partial charge in [0, 0.05) is 20.8 Å². The van der Waals surface area contributed by atoms with Crippen molar-refractivity contribution in [2.24, 2.45) is 0 Å². The number of rotatable bonds is 10. The van der Waals surface area contributed by atoms with Crippen LogP contribution in [-0.4, -0.2) is 68.4 Å². The Morgan fingerprint density at radius 3 is 1.93 bits per heavy atom. The van der Waals surface area contributed by atoms with Crippen molar-refractivity contribution in [2.45, 2.75) is 51.5 Å². The maximum absolute atomic E-state index is 11.6. The van der Waals surface area contributed by atoms with Gasteiger partial charge >= 0.3 is 17.9 Å². The quantitative estimate of drug-likeness (QED) is 0.234. The molecular formula is C18H26O9. The van der Waals surface area contributed by atoms with E-state index in [-0.39, 0.29) is 19.8 Å². The molecule has 0 spiro atoms. The highest BCUT2D eigenvalue weighted by molar-refractivity contribution is 5.68. The molecule has 9 nitrogen and oxygen atoms in total. The van der Waals surface area contributed by atoms with Crippen LogP contribution in [0.5, 0.6) is 0 Å². The third-order valence-corrected chi connectivity index (χ3v) is 3.40. The summed E-state index contributed by atoms with van der Waals surface area (Å²) in [5.74, 6) is -1.87. The van der Waals surface area contributed by atoms with Gasteiger partial charge in [0.05, 0.1) is 19.8 Å². The number of carbonyl (C=O) groups excluding carboxylic acids is 3. The van der Waals surface area contributed by atoms with Crippen molar-refractivity contribution in [1.82, 2.24) is 0 Å². The third kappa shape index (κ3) is 7.49. The van der Waals surface area contributed by atoms with E-state index in [9.17, 15) is 14.4 Å². The lowest BCUT2D eigenvalue weighted by Gasteiger charge is -2.44. The summed E-state index contributed by atoms with van der Waals surface area (Å²) in [7, 11) is 0. The van der Waals surface area contributed by atoms with E-state index in [4.69, 9.17) is 28.4 Å². The van der Waals surface area contributed by atoms with E-state index in [0.717, 1.165) is 0 Å². The minimum atomic E-state index is -1.26. The van der Waals surface area contributed by atoms with Gasteiger partial charge in [-0.3, -0.25) is 14.4 Å². The number of ether oxygens (including phenoxy) is 6. The Morgan fingerprint density at radius 2 is 1.41 bits per heavy atom. The van der Waals surface area contributed by atoms with Crippen LogP contribution in [-0.2, 0) is 42.8 Å². The normalized spacial score (nSPS) is 27.3. The Balaban J connectivity index is 3.20. The molecule has 1 heterocycles. The predicted molar refractivity (Wildman–Crippen MR) is 92.5 cm³/mol. The summed E-state index contributed by atoms with van der Waals surface area (Å²) in [6, 6.07) is 0. The molecule has 0 aromatic carbocycles. The molecule has 9 heteroatoms. The largest absolute Gasteiger partial charge is 0.457 e. The molecule has 1 fully saturated rings. The first-order valence-corrected chi connectivity index (χ1v) is 8.38. The monoisotopic (exact) mass is 386 g/mol. The summed E-state index contributed by atoms with van der Waals surface area (Å²) in [6.07, 6.45) is -2.15. The van der Waals surface area contributed by atoms with Gasteiger partial charge in [0.15, 0.2) is 12.2 Å². The van der Waals surface area contributed by atoms with E-state index in [2.05, 4.69) is 13.2 Å². The highest BCUT2D eigenvalue weighted by atomic mass is 16.7. The molecule has 0 aromatic rings. The number of hydrogen-bond donors (Lipinski definition) is 0. The van der Waals surface area contributed by atoms with Crippen LogP contribution < -0.4 is 0 Å². The van der Waals surface area contributed by atoms with Crippen molar-refractivity contribution in [1.29, 1.82) is 0 Å².